The normalized spacial score (nSPS) is 14.1. The van der Waals surface area contributed by atoms with Crippen LogP contribution in [0.5, 0.6) is 0 Å². The molecule has 0 bridgehead atoms. The van der Waals surface area contributed by atoms with Crippen molar-refractivity contribution in [1.82, 2.24) is 28.7 Å². The fraction of sp³-hybridized carbons (Fsp3) is 0. The first-order valence-corrected chi connectivity index (χ1v) is 27.9. The second-order valence-electron chi connectivity index (χ2n) is 19.9. The Bertz CT molecular complexity index is 4560. The van der Waals surface area contributed by atoms with Gasteiger partial charge in [0.15, 0.2) is 13.9 Å². The molecular formula is C69H44N6Si. The summed E-state index contributed by atoms with van der Waals surface area (Å²) in [5.74, 6) is 1.70. The first-order chi connectivity index (χ1) is 37.7. The Labute approximate surface area is 438 Å². The molecule has 5 heterocycles. The van der Waals surface area contributed by atoms with E-state index >= 15 is 0 Å². The minimum Gasteiger partial charge on any atom is -0.309 e. The highest BCUT2D eigenvalue weighted by Crippen LogP contribution is 2.40. The molecule has 0 radical (unpaired) electrons. The van der Waals surface area contributed by atoms with Gasteiger partial charge in [-0.15, -0.1) is 0 Å². The van der Waals surface area contributed by atoms with Crippen molar-refractivity contribution in [2.24, 2.45) is 0 Å². The van der Waals surface area contributed by atoms with Gasteiger partial charge in [0.1, 0.15) is 0 Å². The van der Waals surface area contributed by atoms with Crippen LogP contribution < -0.4 is 20.7 Å². The number of benzene rings is 11. The van der Waals surface area contributed by atoms with E-state index in [9.17, 15) is 0 Å². The van der Waals surface area contributed by atoms with Crippen molar-refractivity contribution in [2.45, 2.75) is 0 Å². The summed E-state index contributed by atoms with van der Waals surface area (Å²) in [6.07, 6.45) is 0. The van der Waals surface area contributed by atoms with Gasteiger partial charge in [-0.3, -0.25) is 9.13 Å². The van der Waals surface area contributed by atoms with E-state index in [-0.39, 0.29) is 0 Å². The summed E-state index contributed by atoms with van der Waals surface area (Å²) in [6, 6.07) is 97.7. The average Bonchev–Trinajstić information content (AvgIpc) is 4.12. The Kier molecular flexibility index (Phi) is 9.25. The van der Waals surface area contributed by atoms with Crippen molar-refractivity contribution < 1.29 is 0 Å². The lowest BCUT2D eigenvalue weighted by Gasteiger charge is -2.36. The summed E-state index contributed by atoms with van der Waals surface area (Å²) in [7, 11) is -3.27. The molecule has 15 aromatic rings. The van der Waals surface area contributed by atoms with Crippen molar-refractivity contribution in [1.29, 1.82) is 0 Å². The Balaban J connectivity index is 0.995. The van der Waals surface area contributed by atoms with E-state index in [2.05, 4.69) is 281 Å². The molecule has 0 spiro atoms. The number of rotatable bonds is 6. The fourth-order valence-corrected chi connectivity index (χ4v) is 18.1. The van der Waals surface area contributed by atoms with E-state index in [0.717, 1.165) is 54.9 Å². The highest BCUT2D eigenvalue weighted by Gasteiger charge is 2.46. The third kappa shape index (κ3) is 6.06. The van der Waals surface area contributed by atoms with Crippen molar-refractivity contribution in [3.8, 4) is 51.2 Å². The van der Waals surface area contributed by atoms with Gasteiger partial charge in [-0.1, -0.05) is 218 Å². The molecule has 1 aliphatic heterocycles. The topological polar surface area (TPSA) is 53.5 Å². The van der Waals surface area contributed by atoms with Crippen LogP contribution in [0.1, 0.15) is 0 Å². The fourth-order valence-electron chi connectivity index (χ4n) is 12.9. The van der Waals surface area contributed by atoms with E-state index in [1.807, 2.05) is 0 Å². The monoisotopic (exact) mass is 984 g/mol. The number of aromatic nitrogens is 6. The molecule has 76 heavy (non-hydrogen) atoms. The van der Waals surface area contributed by atoms with Crippen molar-refractivity contribution >= 4 is 94.2 Å². The Morgan fingerprint density at radius 3 is 1.17 bits per heavy atom. The smallest absolute Gasteiger partial charge is 0.240 e. The summed E-state index contributed by atoms with van der Waals surface area (Å²) >= 11 is 0. The van der Waals surface area contributed by atoms with Gasteiger partial charge in [-0.05, 0) is 91.5 Å². The lowest BCUT2D eigenvalue weighted by Crippen LogP contribution is -2.75. The van der Waals surface area contributed by atoms with Crippen molar-refractivity contribution in [2.75, 3.05) is 0 Å². The second-order valence-corrected chi connectivity index (χ2v) is 23.6. The first kappa shape index (κ1) is 42.5. The van der Waals surface area contributed by atoms with Crippen LogP contribution in [0.15, 0.2) is 267 Å². The molecule has 0 saturated carbocycles. The summed E-state index contributed by atoms with van der Waals surface area (Å²) in [6.45, 7) is 0. The van der Waals surface area contributed by atoms with Crippen LogP contribution in [0.2, 0.25) is 0 Å². The number of hydrogen-bond donors (Lipinski definition) is 0. The van der Waals surface area contributed by atoms with Gasteiger partial charge in [-0.2, -0.15) is 15.0 Å². The van der Waals surface area contributed by atoms with Crippen LogP contribution in [0.3, 0.4) is 0 Å². The van der Waals surface area contributed by atoms with Crippen LogP contribution >= 0.6 is 0 Å². The second kappa shape index (κ2) is 16.5. The van der Waals surface area contributed by atoms with Crippen molar-refractivity contribution in [3.05, 3.63) is 267 Å². The lowest BCUT2D eigenvalue weighted by atomic mass is 9.94. The molecule has 0 saturated heterocycles. The zero-order chi connectivity index (χ0) is 49.9. The first-order valence-electron chi connectivity index (χ1n) is 25.9. The molecule has 0 N–H and O–H groups in total. The maximum Gasteiger partial charge on any atom is 0.240 e. The molecule has 7 heteroatoms. The molecule has 1 atom stereocenters. The van der Waals surface area contributed by atoms with Crippen LogP contribution in [0, 0.1) is 0 Å². The van der Waals surface area contributed by atoms with Crippen LogP contribution in [-0.2, 0) is 0 Å². The number of para-hydroxylation sites is 6. The molecule has 6 nitrogen and oxygen atoms in total. The third-order valence-corrected chi connectivity index (χ3v) is 20.9. The predicted octanol–water partition coefficient (Wildman–Crippen LogP) is 13.9. The van der Waals surface area contributed by atoms with E-state index < -0.39 is 8.07 Å². The van der Waals surface area contributed by atoms with Gasteiger partial charge in [0.25, 0.3) is 0 Å². The highest BCUT2D eigenvalue weighted by atomic mass is 28.3. The number of fused-ring (bicyclic) bond motifs is 14. The van der Waals surface area contributed by atoms with E-state index in [4.69, 9.17) is 15.0 Å². The summed E-state index contributed by atoms with van der Waals surface area (Å²) in [5.41, 5.74) is 13.5. The SMILES string of the molecule is c1ccc([Si]2(c3cccc(-c4nc(-n5c6ccccc6c6ccccc65)nc(-n5c6ccccc6c6ccccc65)n4)c3)c3ccccc3-c3ccccc3-c3cc(-n4c5ccccc5c5ccccc54)ccc32)cc1. The van der Waals surface area contributed by atoms with Crippen LogP contribution in [-0.4, -0.2) is 36.7 Å². The Morgan fingerprint density at radius 2 is 0.658 bits per heavy atom. The molecule has 1 unspecified atom stereocenters. The van der Waals surface area contributed by atoms with Gasteiger partial charge in [0, 0.05) is 43.6 Å². The molecule has 1 aliphatic rings. The van der Waals surface area contributed by atoms with E-state index in [1.54, 1.807) is 0 Å². The van der Waals surface area contributed by atoms with Crippen molar-refractivity contribution in [3.63, 3.8) is 0 Å². The van der Waals surface area contributed by atoms with E-state index in [1.165, 1.54) is 64.8 Å². The Hall–Kier alpha value is -9.95. The van der Waals surface area contributed by atoms with Crippen LogP contribution in [0.25, 0.3) is 117 Å². The minimum absolute atomic E-state index is 0.554. The molecule has 16 rings (SSSR count). The molecule has 4 aromatic heterocycles. The molecule has 354 valence electrons. The molecule has 0 fully saturated rings. The maximum atomic E-state index is 5.57. The number of hydrogen-bond acceptors (Lipinski definition) is 3. The Morgan fingerprint density at radius 1 is 0.263 bits per heavy atom. The average molecular weight is 985 g/mol. The predicted molar refractivity (Wildman–Crippen MR) is 316 cm³/mol. The maximum absolute atomic E-state index is 5.57. The highest BCUT2D eigenvalue weighted by molar-refractivity contribution is 7.21. The zero-order valence-corrected chi connectivity index (χ0v) is 42.1. The van der Waals surface area contributed by atoms with Gasteiger partial charge in [0.2, 0.25) is 11.9 Å². The zero-order valence-electron chi connectivity index (χ0n) is 41.1. The summed E-state index contributed by atoms with van der Waals surface area (Å²) in [4.78, 5) is 16.6. The molecular weight excluding hydrogens is 941 g/mol. The standard InChI is InChI=1S/C69H44N6Si/c1-2-22-47(23-3-1)76(65-40-19-12-33-57(65)49-25-4-5-26-50(49)58-44-46(41-42-66(58)76)73-59-34-13-6-27-51(59)52-28-7-14-35-60(52)73)48-24-20-21-45(43-48)67-70-68(74-61-36-15-8-29-53(61)54-30-9-16-37-62(54)74)72-69(71-67)75-63-38-17-10-31-55(63)56-32-11-18-39-64(56)75/h1-44H. The quantitative estimate of drug-likeness (QED) is 0.156. The largest absolute Gasteiger partial charge is 0.309 e. The summed E-state index contributed by atoms with van der Waals surface area (Å²) < 4.78 is 6.87. The van der Waals surface area contributed by atoms with Gasteiger partial charge in [-0.25, -0.2) is 0 Å². The minimum atomic E-state index is -3.27. The molecule has 0 aliphatic carbocycles. The van der Waals surface area contributed by atoms with Gasteiger partial charge >= 0.3 is 0 Å². The molecule has 11 aromatic carbocycles. The van der Waals surface area contributed by atoms with E-state index in [0.29, 0.717) is 17.7 Å². The van der Waals surface area contributed by atoms with Gasteiger partial charge < -0.3 is 4.57 Å². The third-order valence-electron chi connectivity index (χ3n) is 16.0. The molecule has 0 amide bonds. The van der Waals surface area contributed by atoms with Gasteiger partial charge in [0.05, 0.1) is 33.1 Å². The number of nitrogens with zero attached hydrogens (tertiary/aromatic N) is 6. The lowest BCUT2D eigenvalue weighted by molar-refractivity contribution is 0.893. The van der Waals surface area contributed by atoms with Crippen LogP contribution in [0.4, 0.5) is 0 Å². The summed E-state index contributed by atoms with van der Waals surface area (Å²) in [5, 5.41) is 12.2.